The summed E-state index contributed by atoms with van der Waals surface area (Å²) in [5.74, 6) is -0.244. The van der Waals surface area contributed by atoms with E-state index in [0.29, 0.717) is 39.1 Å². The predicted molar refractivity (Wildman–Crippen MR) is 91.3 cm³/mol. The number of fused-ring (bicyclic) bond motifs is 1. The standard InChI is InChI=1S/C16H27N3O5S/c1-17(2)15(20)11-19-10-12-5-7-18(8-6-14(12)25(19,22)23)16(21)13-4-3-9-24-13/h12-14H,3-11H2,1-2H3/t12-,13?,14+/m0/s1. The largest absolute Gasteiger partial charge is 0.368 e. The van der Waals surface area contributed by atoms with Crippen LogP contribution in [0.1, 0.15) is 25.7 Å². The molecule has 0 saturated carbocycles. The fourth-order valence-electron chi connectivity index (χ4n) is 3.94. The second kappa shape index (κ2) is 7.20. The minimum atomic E-state index is -3.49. The second-order valence-corrected chi connectivity index (χ2v) is 9.48. The maximum absolute atomic E-state index is 12.8. The van der Waals surface area contributed by atoms with Crippen LogP contribution >= 0.6 is 0 Å². The molecule has 0 aromatic heterocycles. The summed E-state index contributed by atoms with van der Waals surface area (Å²) in [6, 6.07) is 0. The van der Waals surface area contributed by atoms with Gasteiger partial charge in [0.2, 0.25) is 15.9 Å². The highest BCUT2D eigenvalue weighted by atomic mass is 32.2. The van der Waals surface area contributed by atoms with Crippen LogP contribution in [0, 0.1) is 5.92 Å². The molecule has 1 unspecified atom stereocenters. The molecule has 3 aliphatic rings. The lowest BCUT2D eigenvalue weighted by molar-refractivity contribution is -0.140. The number of carbonyl (C=O) groups excluding carboxylic acids is 2. The monoisotopic (exact) mass is 373 g/mol. The van der Waals surface area contributed by atoms with Crippen molar-refractivity contribution >= 4 is 21.8 Å². The van der Waals surface area contributed by atoms with Crippen molar-refractivity contribution in [2.24, 2.45) is 5.92 Å². The van der Waals surface area contributed by atoms with Gasteiger partial charge in [0, 0.05) is 40.3 Å². The quantitative estimate of drug-likeness (QED) is 0.666. The van der Waals surface area contributed by atoms with Crippen molar-refractivity contribution in [3.05, 3.63) is 0 Å². The van der Waals surface area contributed by atoms with Crippen molar-refractivity contribution in [2.75, 3.05) is 46.9 Å². The van der Waals surface area contributed by atoms with E-state index in [1.54, 1.807) is 19.0 Å². The Morgan fingerprint density at radius 2 is 1.88 bits per heavy atom. The molecule has 0 spiro atoms. The number of likely N-dealkylation sites (N-methyl/N-ethyl adjacent to an activating group) is 1. The van der Waals surface area contributed by atoms with E-state index in [2.05, 4.69) is 0 Å². The lowest BCUT2D eigenvalue weighted by Gasteiger charge is -2.24. The Balaban J connectivity index is 1.65. The van der Waals surface area contributed by atoms with Crippen LogP contribution in [0.25, 0.3) is 0 Å². The average Bonchev–Trinajstić information content (AvgIpc) is 3.09. The summed E-state index contributed by atoms with van der Waals surface area (Å²) in [4.78, 5) is 27.6. The Kier molecular flexibility index (Phi) is 5.36. The topological polar surface area (TPSA) is 87.2 Å². The Labute approximate surface area is 149 Å². The van der Waals surface area contributed by atoms with Crippen molar-refractivity contribution in [2.45, 2.75) is 37.0 Å². The maximum atomic E-state index is 12.8. The van der Waals surface area contributed by atoms with E-state index in [4.69, 9.17) is 4.74 Å². The molecule has 3 saturated heterocycles. The van der Waals surface area contributed by atoms with Crippen LogP contribution in [0.4, 0.5) is 0 Å². The summed E-state index contributed by atoms with van der Waals surface area (Å²) in [6.07, 6.45) is 2.37. The van der Waals surface area contributed by atoms with Gasteiger partial charge in [0.1, 0.15) is 6.10 Å². The van der Waals surface area contributed by atoms with Crippen LogP contribution in [0.15, 0.2) is 0 Å². The first-order chi connectivity index (χ1) is 11.8. The highest BCUT2D eigenvalue weighted by molar-refractivity contribution is 7.90. The Morgan fingerprint density at radius 3 is 2.52 bits per heavy atom. The summed E-state index contributed by atoms with van der Waals surface area (Å²) in [6.45, 7) is 1.90. The van der Waals surface area contributed by atoms with Gasteiger partial charge in [-0.05, 0) is 31.6 Å². The molecule has 25 heavy (non-hydrogen) atoms. The first-order valence-corrected chi connectivity index (χ1v) is 10.4. The Hall–Kier alpha value is -1.19. The number of hydrogen-bond acceptors (Lipinski definition) is 5. The molecule has 0 radical (unpaired) electrons. The molecular weight excluding hydrogens is 346 g/mol. The summed E-state index contributed by atoms with van der Waals surface area (Å²) >= 11 is 0. The Bertz CT molecular complexity index is 630. The first-order valence-electron chi connectivity index (χ1n) is 8.90. The minimum Gasteiger partial charge on any atom is -0.368 e. The molecule has 142 valence electrons. The van der Waals surface area contributed by atoms with Gasteiger partial charge in [-0.25, -0.2) is 8.42 Å². The van der Waals surface area contributed by atoms with Crippen LogP contribution in [0.5, 0.6) is 0 Å². The SMILES string of the molecule is CN(C)C(=O)CN1C[C@@H]2CCN(C(=O)C3CCCO3)CC[C@H]2S1(=O)=O. The van der Waals surface area contributed by atoms with Crippen molar-refractivity contribution in [1.82, 2.24) is 14.1 Å². The van der Waals surface area contributed by atoms with Gasteiger partial charge in [-0.1, -0.05) is 0 Å². The molecule has 0 aromatic rings. The number of rotatable bonds is 3. The summed E-state index contributed by atoms with van der Waals surface area (Å²) in [5.41, 5.74) is 0. The smallest absolute Gasteiger partial charge is 0.251 e. The van der Waals surface area contributed by atoms with E-state index in [1.165, 1.54) is 9.21 Å². The molecule has 0 N–H and O–H groups in total. The zero-order chi connectivity index (χ0) is 18.2. The third kappa shape index (κ3) is 3.68. The molecule has 0 aromatic carbocycles. The molecule has 0 bridgehead atoms. The fourth-order valence-corrected chi connectivity index (χ4v) is 6.12. The zero-order valence-electron chi connectivity index (χ0n) is 14.9. The highest BCUT2D eigenvalue weighted by Crippen LogP contribution is 2.34. The number of amides is 2. The lowest BCUT2D eigenvalue weighted by Crippen LogP contribution is -2.41. The minimum absolute atomic E-state index is 0.00508. The van der Waals surface area contributed by atoms with Crippen molar-refractivity contribution in [3.8, 4) is 0 Å². The summed E-state index contributed by atoms with van der Waals surface area (Å²) in [7, 11) is -0.246. The average molecular weight is 373 g/mol. The number of ether oxygens (including phenoxy) is 1. The van der Waals surface area contributed by atoms with Gasteiger partial charge in [0.05, 0.1) is 11.8 Å². The third-order valence-electron chi connectivity index (χ3n) is 5.49. The Morgan fingerprint density at radius 1 is 1.16 bits per heavy atom. The first kappa shape index (κ1) is 18.6. The van der Waals surface area contributed by atoms with E-state index in [-0.39, 0.29) is 30.4 Å². The van der Waals surface area contributed by atoms with Gasteiger partial charge < -0.3 is 14.5 Å². The van der Waals surface area contributed by atoms with E-state index in [0.717, 1.165) is 12.8 Å². The maximum Gasteiger partial charge on any atom is 0.251 e. The summed E-state index contributed by atoms with van der Waals surface area (Å²) < 4.78 is 32.4. The van der Waals surface area contributed by atoms with E-state index in [9.17, 15) is 18.0 Å². The normalized spacial score (nSPS) is 32.2. The number of likely N-dealkylation sites (tertiary alicyclic amines) is 1. The van der Waals surface area contributed by atoms with Crippen LogP contribution in [-0.4, -0.2) is 92.6 Å². The molecule has 3 aliphatic heterocycles. The number of hydrogen-bond donors (Lipinski definition) is 0. The number of sulfonamides is 1. The van der Waals surface area contributed by atoms with Gasteiger partial charge in [0.25, 0.3) is 5.91 Å². The van der Waals surface area contributed by atoms with Crippen LogP contribution < -0.4 is 0 Å². The van der Waals surface area contributed by atoms with Gasteiger partial charge in [-0.3, -0.25) is 9.59 Å². The van der Waals surface area contributed by atoms with Crippen molar-refractivity contribution in [3.63, 3.8) is 0 Å². The summed E-state index contributed by atoms with van der Waals surface area (Å²) in [5, 5.41) is -0.496. The molecular formula is C16H27N3O5S. The second-order valence-electron chi connectivity index (χ2n) is 7.33. The van der Waals surface area contributed by atoms with Gasteiger partial charge in [-0.15, -0.1) is 0 Å². The van der Waals surface area contributed by atoms with E-state index < -0.39 is 15.3 Å². The molecule has 0 aliphatic carbocycles. The predicted octanol–water partition coefficient (Wildman–Crippen LogP) is -0.494. The van der Waals surface area contributed by atoms with Gasteiger partial charge in [-0.2, -0.15) is 4.31 Å². The van der Waals surface area contributed by atoms with E-state index in [1.807, 2.05) is 0 Å². The van der Waals surface area contributed by atoms with Crippen molar-refractivity contribution < 1.29 is 22.7 Å². The number of nitrogens with zero attached hydrogens (tertiary/aromatic N) is 3. The third-order valence-corrected chi connectivity index (χ3v) is 7.87. The van der Waals surface area contributed by atoms with Crippen LogP contribution in [0.2, 0.25) is 0 Å². The van der Waals surface area contributed by atoms with Gasteiger partial charge in [0.15, 0.2) is 0 Å². The number of carbonyl (C=O) groups is 2. The zero-order valence-corrected chi connectivity index (χ0v) is 15.7. The van der Waals surface area contributed by atoms with E-state index >= 15 is 0 Å². The lowest BCUT2D eigenvalue weighted by atomic mass is 10.0. The fraction of sp³-hybridized carbons (Fsp3) is 0.875. The molecule has 8 nitrogen and oxygen atoms in total. The molecule has 3 heterocycles. The molecule has 3 rings (SSSR count). The molecule has 9 heteroatoms. The molecule has 2 amide bonds. The molecule has 3 atom stereocenters. The highest BCUT2D eigenvalue weighted by Gasteiger charge is 2.48. The van der Waals surface area contributed by atoms with Gasteiger partial charge >= 0.3 is 0 Å². The van der Waals surface area contributed by atoms with Crippen LogP contribution in [-0.2, 0) is 24.3 Å². The van der Waals surface area contributed by atoms with Crippen LogP contribution in [0.3, 0.4) is 0 Å². The van der Waals surface area contributed by atoms with Crippen molar-refractivity contribution in [1.29, 1.82) is 0 Å². The molecule has 3 fully saturated rings.